The van der Waals surface area contributed by atoms with Crippen molar-refractivity contribution in [1.82, 2.24) is 5.16 Å². The van der Waals surface area contributed by atoms with Gasteiger partial charge in [0.15, 0.2) is 0 Å². The lowest BCUT2D eigenvalue weighted by Crippen LogP contribution is -2.26. The van der Waals surface area contributed by atoms with Gasteiger partial charge in [0.1, 0.15) is 11.5 Å². The molecule has 0 unspecified atom stereocenters. The lowest BCUT2D eigenvalue weighted by molar-refractivity contribution is -0.136. The van der Waals surface area contributed by atoms with E-state index >= 15 is 0 Å². The molecule has 6 heteroatoms. The Hall–Kier alpha value is -2.73. The summed E-state index contributed by atoms with van der Waals surface area (Å²) in [5.74, 6) is -0.0330. The minimum atomic E-state index is -0.827. The normalized spacial score (nSPS) is 15.1. The minimum Gasteiger partial charge on any atom is -0.481 e. The monoisotopic (exact) mass is 422 g/mol. The third kappa shape index (κ3) is 3.01. The Morgan fingerprint density at radius 2 is 1.77 bits per heavy atom. The number of hydrogen-bond acceptors (Lipinski definition) is 5. The third-order valence-corrected chi connectivity index (χ3v) is 6.96. The van der Waals surface area contributed by atoms with E-state index < -0.39 is 5.97 Å². The molecule has 1 aliphatic rings. The molecule has 2 aromatic carbocycles. The molecule has 0 amide bonds. The van der Waals surface area contributed by atoms with Crippen molar-refractivity contribution in [2.24, 2.45) is 0 Å². The number of carbonyl (C=O) groups is 1. The van der Waals surface area contributed by atoms with Crippen molar-refractivity contribution < 1.29 is 14.4 Å². The lowest BCUT2D eigenvalue weighted by Gasteiger charge is -2.37. The predicted octanol–water partition coefficient (Wildman–Crippen LogP) is 6.03. The predicted molar refractivity (Wildman–Crippen MR) is 122 cm³/mol. The molecule has 2 heterocycles. The van der Waals surface area contributed by atoms with E-state index in [0.717, 1.165) is 56.1 Å². The number of aryl methyl sites for hydroxylation is 2. The number of aromatic nitrogens is 1. The molecule has 0 fully saturated rings. The van der Waals surface area contributed by atoms with Gasteiger partial charge < -0.3 is 13.9 Å². The van der Waals surface area contributed by atoms with Gasteiger partial charge in [-0.2, -0.15) is 0 Å². The van der Waals surface area contributed by atoms with Gasteiger partial charge in [0.05, 0.1) is 23.7 Å². The molecule has 156 valence electrons. The third-order valence-electron chi connectivity index (χ3n) is 6.07. The summed E-state index contributed by atoms with van der Waals surface area (Å²) in [5, 5.41) is 14.1. The zero-order valence-corrected chi connectivity index (χ0v) is 19.0. The zero-order valence-electron chi connectivity index (χ0n) is 18.2. The van der Waals surface area contributed by atoms with E-state index in [4.69, 9.17) is 4.52 Å². The van der Waals surface area contributed by atoms with E-state index in [-0.39, 0.29) is 12.5 Å². The Morgan fingerprint density at radius 3 is 2.37 bits per heavy atom. The van der Waals surface area contributed by atoms with E-state index in [2.05, 4.69) is 54.5 Å². The summed E-state index contributed by atoms with van der Waals surface area (Å²) in [6, 6.07) is 8.32. The highest BCUT2D eigenvalue weighted by atomic mass is 32.2. The highest BCUT2D eigenvalue weighted by molar-refractivity contribution is 8.00. The van der Waals surface area contributed by atoms with Crippen LogP contribution >= 0.6 is 11.9 Å². The van der Waals surface area contributed by atoms with Crippen LogP contribution in [0.15, 0.2) is 28.8 Å². The average Bonchev–Trinajstić information content (AvgIpc) is 3.09. The van der Waals surface area contributed by atoms with Gasteiger partial charge in [0.25, 0.3) is 0 Å². The Morgan fingerprint density at radius 1 is 1.10 bits per heavy atom. The van der Waals surface area contributed by atoms with Crippen LogP contribution in [-0.2, 0) is 11.2 Å². The van der Waals surface area contributed by atoms with Crippen LogP contribution in [-0.4, -0.2) is 22.5 Å². The summed E-state index contributed by atoms with van der Waals surface area (Å²) < 4.78 is 7.84. The van der Waals surface area contributed by atoms with Crippen LogP contribution in [0, 0.1) is 27.7 Å². The number of hydrogen-bond donors (Lipinski definition) is 1. The average molecular weight is 423 g/mol. The van der Waals surface area contributed by atoms with Gasteiger partial charge in [0.2, 0.25) is 0 Å². The van der Waals surface area contributed by atoms with Gasteiger partial charge in [-0.05, 0) is 62.4 Å². The van der Waals surface area contributed by atoms with Gasteiger partial charge >= 0.3 is 5.97 Å². The lowest BCUT2D eigenvalue weighted by atomic mass is 9.80. The second-order valence-electron chi connectivity index (χ2n) is 7.95. The molecule has 1 N–H and O–H groups in total. The van der Waals surface area contributed by atoms with E-state index in [1.807, 2.05) is 20.1 Å². The Labute approximate surface area is 181 Å². The number of aliphatic carboxylic acids is 1. The molecule has 4 rings (SSSR count). The van der Waals surface area contributed by atoms with Crippen LogP contribution in [0.2, 0.25) is 0 Å². The maximum atomic E-state index is 11.8. The van der Waals surface area contributed by atoms with Crippen LogP contribution < -0.4 is 4.31 Å². The molecule has 0 saturated heterocycles. The molecular weight excluding hydrogens is 396 g/mol. The standard InChI is InChI=1S/C24H26N2O3S/c1-12-7-9-17(10-8-12)20-14(3)21-22-16(5)29-25-23(22)15(4)26(30-6)24(21)13(2)18(20)11-19(27)28/h7-10,15H,11H2,1-6H3,(H,27,28)/t15-/m0/s1. The minimum absolute atomic E-state index is 0.0186. The topological polar surface area (TPSA) is 66.6 Å². The number of rotatable bonds is 4. The number of anilines is 1. The molecule has 0 spiro atoms. The second kappa shape index (κ2) is 7.51. The SMILES string of the molecule is CSN1c2c(C)c(CC(=O)O)c(-c3ccc(C)cc3)c(C)c2-c2c(noc2C)[C@@H]1C. The van der Waals surface area contributed by atoms with Crippen molar-refractivity contribution in [3.8, 4) is 22.3 Å². The smallest absolute Gasteiger partial charge is 0.307 e. The zero-order chi connectivity index (χ0) is 21.7. The largest absolute Gasteiger partial charge is 0.481 e. The first-order chi connectivity index (χ1) is 14.3. The first-order valence-corrected chi connectivity index (χ1v) is 11.2. The van der Waals surface area contributed by atoms with E-state index in [0.29, 0.717) is 0 Å². The highest BCUT2D eigenvalue weighted by Gasteiger charge is 2.37. The molecule has 1 aromatic heterocycles. The van der Waals surface area contributed by atoms with Crippen molar-refractivity contribution in [2.45, 2.75) is 47.1 Å². The molecule has 0 bridgehead atoms. The Kier molecular flexibility index (Phi) is 5.14. The number of benzene rings is 2. The summed E-state index contributed by atoms with van der Waals surface area (Å²) in [5.41, 5.74) is 10.3. The molecule has 1 atom stereocenters. The van der Waals surface area contributed by atoms with Crippen LogP contribution in [0.5, 0.6) is 0 Å². The summed E-state index contributed by atoms with van der Waals surface area (Å²) >= 11 is 1.63. The van der Waals surface area contributed by atoms with Gasteiger partial charge in [-0.15, -0.1) is 0 Å². The summed E-state index contributed by atoms with van der Waals surface area (Å²) in [7, 11) is 0. The maximum absolute atomic E-state index is 11.8. The molecule has 0 saturated carbocycles. The highest BCUT2D eigenvalue weighted by Crippen LogP contribution is 2.54. The Bertz CT molecular complexity index is 1150. The van der Waals surface area contributed by atoms with Crippen molar-refractivity contribution >= 4 is 23.6 Å². The van der Waals surface area contributed by atoms with Crippen LogP contribution in [0.1, 0.15) is 46.7 Å². The number of fused-ring (bicyclic) bond motifs is 3. The fourth-order valence-corrected chi connectivity index (χ4v) is 5.47. The van der Waals surface area contributed by atoms with Crippen molar-refractivity contribution in [1.29, 1.82) is 0 Å². The molecular formula is C24H26N2O3S. The molecule has 0 aliphatic carbocycles. The van der Waals surface area contributed by atoms with Crippen LogP contribution in [0.4, 0.5) is 5.69 Å². The maximum Gasteiger partial charge on any atom is 0.307 e. The van der Waals surface area contributed by atoms with E-state index in [1.54, 1.807) is 11.9 Å². The van der Waals surface area contributed by atoms with E-state index in [1.165, 1.54) is 5.56 Å². The quantitative estimate of drug-likeness (QED) is 0.518. The molecule has 5 nitrogen and oxygen atoms in total. The molecule has 3 aromatic rings. The van der Waals surface area contributed by atoms with Gasteiger partial charge in [0, 0.05) is 11.8 Å². The first kappa shape index (κ1) is 20.5. The molecule has 0 radical (unpaired) electrons. The van der Waals surface area contributed by atoms with Crippen molar-refractivity contribution in [2.75, 3.05) is 10.6 Å². The molecule has 30 heavy (non-hydrogen) atoms. The van der Waals surface area contributed by atoms with Gasteiger partial charge in [-0.3, -0.25) is 4.79 Å². The first-order valence-electron chi connectivity index (χ1n) is 10.0. The second-order valence-corrected chi connectivity index (χ2v) is 8.71. The fourth-order valence-electron chi connectivity index (χ4n) is 4.64. The van der Waals surface area contributed by atoms with Gasteiger partial charge in [-0.25, -0.2) is 0 Å². The summed E-state index contributed by atoms with van der Waals surface area (Å²) in [6.45, 7) is 10.2. The number of carboxylic acids is 1. The van der Waals surface area contributed by atoms with Crippen molar-refractivity contribution in [3.63, 3.8) is 0 Å². The van der Waals surface area contributed by atoms with Gasteiger partial charge in [-0.1, -0.05) is 46.9 Å². The van der Waals surface area contributed by atoms with Crippen LogP contribution in [0.25, 0.3) is 22.3 Å². The van der Waals surface area contributed by atoms with Crippen molar-refractivity contribution in [3.05, 3.63) is 58.0 Å². The van der Waals surface area contributed by atoms with E-state index in [9.17, 15) is 9.90 Å². The van der Waals surface area contributed by atoms with Crippen LogP contribution in [0.3, 0.4) is 0 Å². The summed E-state index contributed by atoms with van der Waals surface area (Å²) in [6.07, 6.45) is 2.02. The number of nitrogens with zero attached hydrogens (tertiary/aromatic N) is 2. The number of carboxylic acid groups (broad SMARTS) is 1. The summed E-state index contributed by atoms with van der Waals surface area (Å²) in [4.78, 5) is 11.8. The Balaban J connectivity index is 2.14. The molecule has 1 aliphatic heterocycles. The fraction of sp³-hybridized carbons (Fsp3) is 0.333.